The Bertz CT molecular complexity index is 894. The minimum atomic E-state index is -4.09. The Labute approximate surface area is 149 Å². The standard InChI is InChI=1S/C16H18F2N4O3S/c1-12(22-6-2-5-19-22)16(23)20-7-9-21(10-8-20)26(24,25)15-4-3-13(17)11-14(15)18/h2-6,11-12H,7-10H2,1H3. The van der Waals surface area contributed by atoms with Crippen LogP contribution in [0.2, 0.25) is 0 Å². The summed E-state index contributed by atoms with van der Waals surface area (Å²) in [7, 11) is -4.09. The van der Waals surface area contributed by atoms with E-state index in [0.29, 0.717) is 6.07 Å². The lowest BCUT2D eigenvalue weighted by molar-refractivity contribution is -0.135. The van der Waals surface area contributed by atoms with Gasteiger partial charge in [-0.15, -0.1) is 0 Å². The number of halogens is 2. The number of sulfonamides is 1. The van der Waals surface area contributed by atoms with E-state index < -0.39 is 32.6 Å². The smallest absolute Gasteiger partial charge is 0.247 e. The number of aromatic nitrogens is 2. The fourth-order valence-electron chi connectivity index (χ4n) is 2.86. The molecule has 1 aromatic carbocycles. The van der Waals surface area contributed by atoms with E-state index in [4.69, 9.17) is 0 Å². The Morgan fingerprint density at radius 1 is 1.19 bits per heavy atom. The number of amides is 1. The molecule has 1 amide bonds. The Balaban J connectivity index is 1.69. The Morgan fingerprint density at radius 3 is 2.46 bits per heavy atom. The van der Waals surface area contributed by atoms with Crippen molar-refractivity contribution < 1.29 is 22.0 Å². The van der Waals surface area contributed by atoms with Gasteiger partial charge in [-0.2, -0.15) is 9.40 Å². The maximum absolute atomic E-state index is 13.8. The molecule has 1 aromatic heterocycles. The van der Waals surface area contributed by atoms with E-state index in [9.17, 15) is 22.0 Å². The van der Waals surface area contributed by atoms with Gasteiger partial charge in [0, 0.05) is 44.6 Å². The summed E-state index contributed by atoms with van der Waals surface area (Å²) < 4.78 is 54.6. The quantitative estimate of drug-likeness (QED) is 0.795. The molecule has 1 aliphatic heterocycles. The second kappa shape index (κ2) is 7.12. The van der Waals surface area contributed by atoms with E-state index in [2.05, 4.69) is 5.10 Å². The first-order valence-electron chi connectivity index (χ1n) is 8.04. The van der Waals surface area contributed by atoms with Crippen molar-refractivity contribution in [3.8, 4) is 0 Å². The van der Waals surface area contributed by atoms with Crippen LogP contribution in [0, 0.1) is 11.6 Å². The van der Waals surface area contributed by atoms with Crippen LogP contribution in [-0.2, 0) is 14.8 Å². The predicted octanol–water partition coefficient (Wildman–Crippen LogP) is 1.26. The van der Waals surface area contributed by atoms with E-state index in [1.165, 1.54) is 4.68 Å². The van der Waals surface area contributed by atoms with E-state index in [1.54, 1.807) is 30.3 Å². The summed E-state index contributed by atoms with van der Waals surface area (Å²) in [5.74, 6) is -2.14. The molecular weight excluding hydrogens is 366 g/mol. The molecule has 2 heterocycles. The van der Waals surface area contributed by atoms with Crippen molar-refractivity contribution in [3.05, 3.63) is 48.3 Å². The number of nitrogens with zero attached hydrogens (tertiary/aromatic N) is 4. The van der Waals surface area contributed by atoms with Gasteiger partial charge in [0.1, 0.15) is 22.6 Å². The van der Waals surface area contributed by atoms with Gasteiger partial charge in [0.25, 0.3) is 0 Å². The summed E-state index contributed by atoms with van der Waals surface area (Å²) in [6, 6.07) is 3.57. The molecule has 0 N–H and O–H groups in total. The Morgan fingerprint density at radius 2 is 1.88 bits per heavy atom. The highest BCUT2D eigenvalue weighted by atomic mass is 32.2. The first-order valence-corrected chi connectivity index (χ1v) is 9.48. The summed E-state index contributed by atoms with van der Waals surface area (Å²) in [6.07, 6.45) is 3.26. The second-order valence-electron chi connectivity index (χ2n) is 5.97. The first-order chi connectivity index (χ1) is 12.3. The van der Waals surface area contributed by atoms with Crippen molar-refractivity contribution >= 4 is 15.9 Å². The zero-order valence-electron chi connectivity index (χ0n) is 14.0. The highest BCUT2D eigenvalue weighted by molar-refractivity contribution is 7.89. The lowest BCUT2D eigenvalue weighted by Gasteiger charge is -2.35. The van der Waals surface area contributed by atoms with Crippen LogP contribution >= 0.6 is 0 Å². The molecule has 2 aromatic rings. The van der Waals surface area contributed by atoms with Gasteiger partial charge in [0.15, 0.2) is 0 Å². The van der Waals surface area contributed by atoms with Gasteiger partial charge in [-0.05, 0) is 25.1 Å². The zero-order chi connectivity index (χ0) is 18.9. The number of hydrogen-bond donors (Lipinski definition) is 0. The third-order valence-electron chi connectivity index (χ3n) is 4.34. The second-order valence-corrected chi connectivity index (χ2v) is 7.87. The maximum Gasteiger partial charge on any atom is 0.247 e. The summed E-state index contributed by atoms with van der Waals surface area (Å²) >= 11 is 0. The molecule has 140 valence electrons. The maximum atomic E-state index is 13.8. The van der Waals surface area contributed by atoms with Crippen molar-refractivity contribution in [1.82, 2.24) is 19.0 Å². The van der Waals surface area contributed by atoms with Crippen LogP contribution < -0.4 is 0 Å². The van der Waals surface area contributed by atoms with Gasteiger partial charge in [0.2, 0.25) is 15.9 Å². The largest absolute Gasteiger partial charge is 0.338 e. The van der Waals surface area contributed by atoms with Gasteiger partial charge in [-0.25, -0.2) is 17.2 Å². The van der Waals surface area contributed by atoms with E-state index in [1.807, 2.05) is 0 Å². The minimum absolute atomic E-state index is 0.0384. The lowest BCUT2D eigenvalue weighted by Crippen LogP contribution is -2.51. The molecule has 26 heavy (non-hydrogen) atoms. The molecule has 10 heteroatoms. The number of carbonyl (C=O) groups is 1. The van der Waals surface area contributed by atoms with Crippen LogP contribution in [0.15, 0.2) is 41.6 Å². The molecule has 1 fully saturated rings. The number of benzene rings is 1. The fourth-order valence-corrected chi connectivity index (χ4v) is 4.33. The average Bonchev–Trinajstić information content (AvgIpc) is 3.15. The average molecular weight is 384 g/mol. The number of carbonyl (C=O) groups excluding carboxylic acids is 1. The predicted molar refractivity (Wildman–Crippen MR) is 88.6 cm³/mol. The van der Waals surface area contributed by atoms with E-state index in [-0.39, 0.29) is 32.1 Å². The Hall–Kier alpha value is -2.33. The highest BCUT2D eigenvalue weighted by Gasteiger charge is 2.33. The molecule has 0 spiro atoms. The van der Waals surface area contributed by atoms with Gasteiger partial charge < -0.3 is 4.90 Å². The third-order valence-corrected chi connectivity index (χ3v) is 6.27. The van der Waals surface area contributed by atoms with Crippen LogP contribution in [0.5, 0.6) is 0 Å². The molecule has 0 saturated carbocycles. The normalized spacial score (nSPS) is 17.3. The molecule has 1 unspecified atom stereocenters. The molecule has 1 saturated heterocycles. The van der Waals surface area contributed by atoms with Crippen molar-refractivity contribution in [3.63, 3.8) is 0 Å². The summed E-state index contributed by atoms with van der Waals surface area (Å²) in [4.78, 5) is 13.5. The first kappa shape index (κ1) is 18.5. The minimum Gasteiger partial charge on any atom is -0.338 e. The molecule has 0 radical (unpaired) electrons. The summed E-state index contributed by atoms with van der Waals surface area (Å²) in [5.41, 5.74) is 0. The molecule has 1 aliphatic rings. The lowest BCUT2D eigenvalue weighted by atomic mass is 10.2. The highest BCUT2D eigenvalue weighted by Crippen LogP contribution is 2.22. The van der Waals surface area contributed by atoms with Crippen LogP contribution in [0.4, 0.5) is 8.78 Å². The molecule has 0 aliphatic carbocycles. The summed E-state index contributed by atoms with van der Waals surface area (Å²) in [5, 5.41) is 4.03. The SMILES string of the molecule is CC(C(=O)N1CCN(S(=O)(=O)c2ccc(F)cc2F)CC1)n1cccn1. The topological polar surface area (TPSA) is 75.5 Å². The number of rotatable bonds is 4. The van der Waals surface area contributed by atoms with Gasteiger partial charge in [-0.1, -0.05) is 0 Å². The third kappa shape index (κ3) is 3.47. The van der Waals surface area contributed by atoms with Crippen molar-refractivity contribution in [2.75, 3.05) is 26.2 Å². The van der Waals surface area contributed by atoms with Crippen LogP contribution in [0.1, 0.15) is 13.0 Å². The summed E-state index contributed by atoms with van der Waals surface area (Å²) in [6.45, 7) is 2.17. The zero-order valence-corrected chi connectivity index (χ0v) is 14.9. The van der Waals surface area contributed by atoms with Crippen LogP contribution in [0.25, 0.3) is 0 Å². The van der Waals surface area contributed by atoms with E-state index >= 15 is 0 Å². The molecule has 3 rings (SSSR count). The Kier molecular flexibility index (Phi) is 5.05. The van der Waals surface area contributed by atoms with E-state index in [0.717, 1.165) is 16.4 Å². The monoisotopic (exact) mass is 384 g/mol. The van der Waals surface area contributed by atoms with Crippen molar-refractivity contribution in [2.45, 2.75) is 17.9 Å². The van der Waals surface area contributed by atoms with Crippen molar-refractivity contribution in [1.29, 1.82) is 0 Å². The molecule has 0 bridgehead atoms. The van der Waals surface area contributed by atoms with Crippen LogP contribution in [-0.4, -0.2) is 59.5 Å². The molecule has 7 nitrogen and oxygen atoms in total. The number of hydrogen-bond acceptors (Lipinski definition) is 4. The molecule has 1 atom stereocenters. The van der Waals surface area contributed by atoms with Crippen LogP contribution in [0.3, 0.4) is 0 Å². The number of piperazine rings is 1. The van der Waals surface area contributed by atoms with Crippen molar-refractivity contribution in [2.24, 2.45) is 0 Å². The van der Waals surface area contributed by atoms with Gasteiger partial charge in [0.05, 0.1) is 0 Å². The van der Waals surface area contributed by atoms with Gasteiger partial charge >= 0.3 is 0 Å². The molecular formula is C16H18F2N4O3S. The van der Waals surface area contributed by atoms with Gasteiger partial charge in [-0.3, -0.25) is 9.48 Å². The fraction of sp³-hybridized carbons (Fsp3) is 0.375.